The zero-order valence-corrected chi connectivity index (χ0v) is 12.3. The number of hydrazine groups is 1. The van der Waals surface area contributed by atoms with Gasteiger partial charge in [-0.05, 0) is 23.2 Å². The highest BCUT2D eigenvalue weighted by atomic mass is 16.5. The molecule has 0 radical (unpaired) electrons. The highest BCUT2D eigenvalue weighted by Crippen LogP contribution is 2.68. The van der Waals surface area contributed by atoms with E-state index < -0.39 is 0 Å². The van der Waals surface area contributed by atoms with Gasteiger partial charge < -0.3 is 10.1 Å². The molecule has 0 amide bonds. The van der Waals surface area contributed by atoms with Gasteiger partial charge in [0, 0.05) is 26.8 Å². The van der Waals surface area contributed by atoms with Crippen LogP contribution in [0.15, 0.2) is 4.99 Å². The van der Waals surface area contributed by atoms with E-state index in [4.69, 9.17) is 10.6 Å². The summed E-state index contributed by atoms with van der Waals surface area (Å²) in [5.74, 6) is 6.75. The van der Waals surface area contributed by atoms with Crippen LogP contribution in [0.25, 0.3) is 0 Å². The number of nitrogens with zero attached hydrogens (tertiary/aromatic N) is 1. The topological polar surface area (TPSA) is 71.7 Å². The van der Waals surface area contributed by atoms with Crippen LogP contribution in [0.1, 0.15) is 34.1 Å². The van der Waals surface area contributed by atoms with Gasteiger partial charge in [0.15, 0.2) is 0 Å². The minimum absolute atomic E-state index is 0.367. The average molecular weight is 256 g/mol. The molecule has 5 heteroatoms. The Bertz CT molecular complexity index is 285. The number of guanidine groups is 1. The molecule has 0 aliphatic heterocycles. The van der Waals surface area contributed by atoms with Gasteiger partial charge in [-0.3, -0.25) is 10.4 Å². The first kappa shape index (κ1) is 15.2. The maximum Gasteiger partial charge on any atom is 0.205 e. The smallest absolute Gasteiger partial charge is 0.205 e. The highest BCUT2D eigenvalue weighted by molar-refractivity contribution is 5.79. The summed E-state index contributed by atoms with van der Waals surface area (Å²) in [6.45, 7) is 11.6. The normalized spacial score (nSPS) is 21.8. The van der Waals surface area contributed by atoms with E-state index in [-0.39, 0.29) is 0 Å². The molecule has 1 fully saturated rings. The molecule has 0 saturated heterocycles. The van der Waals surface area contributed by atoms with Gasteiger partial charge in [-0.15, -0.1) is 0 Å². The van der Waals surface area contributed by atoms with Crippen LogP contribution in [-0.4, -0.2) is 32.8 Å². The van der Waals surface area contributed by atoms with Crippen molar-refractivity contribution in [1.82, 2.24) is 10.7 Å². The summed E-state index contributed by atoms with van der Waals surface area (Å²) in [4.78, 5) is 4.52. The molecular formula is C13H28N4O. The first-order chi connectivity index (χ1) is 8.37. The Morgan fingerprint density at radius 3 is 2.33 bits per heavy atom. The molecule has 18 heavy (non-hydrogen) atoms. The van der Waals surface area contributed by atoms with E-state index in [1.165, 1.54) is 0 Å². The number of hydrogen-bond donors (Lipinski definition) is 3. The van der Waals surface area contributed by atoms with E-state index in [1.807, 2.05) is 0 Å². The Balaban J connectivity index is 2.35. The summed E-state index contributed by atoms with van der Waals surface area (Å²) < 4.78 is 4.99. The number of methoxy groups -OCH3 is 1. The van der Waals surface area contributed by atoms with Gasteiger partial charge in [-0.25, -0.2) is 5.84 Å². The summed E-state index contributed by atoms with van der Waals surface area (Å²) >= 11 is 0. The molecule has 0 heterocycles. The Morgan fingerprint density at radius 1 is 1.28 bits per heavy atom. The summed E-state index contributed by atoms with van der Waals surface area (Å²) in [6, 6.07) is 0. The molecule has 1 aliphatic rings. The second-order valence-electron chi connectivity index (χ2n) is 6.10. The largest absolute Gasteiger partial charge is 0.385 e. The van der Waals surface area contributed by atoms with Crippen molar-refractivity contribution in [1.29, 1.82) is 0 Å². The molecule has 106 valence electrons. The fraction of sp³-hybridized carbons (Fsp3) is 0.923. The summed E-state index contributed by atoms with van der Waals surface area (Å²) in [7, 11) is 1.70. The monoisotopic (exact) mass is 256 g/mol. The number of hydrogen-bond acceptors (Lipinski definition) is 3. The molecule has 1 aliphatic carbocycles. The molecule has 0 aromatic carbocycles. The highest BCUT2D eigenvalue weighted by Gasteiger charge is 2.64. The average Bonchev–Trinajstić information content (AvgIpc) is 2.69. The van der Waals surface area contributed by atoms with Gasteiger partial charge in [0.1, 0.15) is 0 Å². The van der Waals surface area contributed by atoms with E-state index >= 15 is 0 Å². The third kappa shape index (κ3) is 3.14. The molecule has 0 aromatic heterocycles. The van der Waals surface area contributed by atoms with Crippen molar-refractivity contribution in [3.05, 3.63) is 0 Å². The van der Waals surface area contributed by atoms with Gasteiger partial charge in [0.25, 0.3) is 0 Å². The standard InChI is InChI=1S/C13H28N4O/c1-12(2)10(13(12,3)4)9-16-11(17-14)15-7-6-8-18-5/h10H,6-9,14H2,1-5H3,(H2,15,16,17). The van der Waals surface area contributed by atoms with Crippen LogP contribution >= 0.6 is 0 Å². The second-order valence-corrected chi connectivity index (χ2v) is 6.10. The van der Waals surface area contributed by atoms with E-state index in [2.05, 4.69) is 43.4 Å². The zero-order valence-electron chi connectivity index (χ0n) is 12.3. The first-order valence-electron chi connectivity index (χ1n) is 6.61. The predicted octanol–water partition coefficient (Wildman–Crippen LogP) is 1.11. The molecule has 0 unspecified atom stereocenters. The molecule has 0 spiro atoms. The van der Waals surface area contributed by atoms with Crippen LogP contribution in [0.5, 0.6) is 0 Å². The van der Waals surface area contributed by atoms with Gasteiger partial charge >= 0.3 is 0 Å². The minimum atomic E-state index is 0.367. The lowest BCUT2D eigenvalue weighted by atomic mass is 10.0. The maximum atomic E-state index is 5.45. The Morgan fingerprint density at radius 2 is 1.89 bits per heavy atom. The van der Waals surface area contributed by atoms with Crippen LogP contribution in [0.3, 0.4) is 0 Å². The summed E-state index contributed by atoms with van der Waals surface area (Å²) in [5, 5.41) is 3.18. The summed E-state index contributed by atoms with van der Waals surface area (Å²) in [6.07, 6.45) is 0.942. The molecule has 0 aromatic rings. The molecule has 4 N–H and O–H groups in total. The van der Waals surface area contributed by atoms with Crippen LogP contribution in [0.4, 0.5) is 0 Å². The Labute approximate surface area is 111 Å². The van der Waals surface area contributed by atoms with Crippen LogP contribution < -0.4 is 16.6 Å². The van der Waals surface area contributed by atoms with Gasteiger partial charge in [-0.1, -0.05) is 27.7 Å². The maximum absolute atomic E-state index is 5.45. The van der Waals surface area contributed by atoms with Crippen LogP contribution in [0.2, 0.25) is 0 Å². The van der Waals surface area contributed by atoms with E-state index in [1.54, 1.807) is 7.11 Å². The van der Waals surface area contributed by atoms with Crippen molar-refractivity contribution in [2.75, 3.05) is 26.8 Å². The van der Waals surface area contributed by atoms with Crippen molar-refractivity contribution in [2.24, 2.45) is 27.6 Å². The van der Waals surface area contributed by atoms with Crippen molar-refractivity contribution in [2.45, 2.75) is 34.1 Å². The van der Waals surface area contributed by atoms with Crippen molar-refractivity contribution in [3.63, 3.8) is 0 Å². The lowest BCUT2D eigenvalue weighted by molar-refractivity contribution is 0.195. The van der Waals surface area contributed by atoms with Crippen molar-refractivity contribution < 1.29 is 4.74 Å². The van der Waals surface area contributed by atoms with Crippen molar-refractivity contribution in [3.8, 4) is 0 Å². The minimum Gasteiger partial charge on any atom is -0.385 e. The molecule has 0 bridgehead atoms. The first-order valence-corrected chi connectivity index (χ1v) is 6.61. The van der Waals surface area contributed by atoms with Crippen LogP contribution in [0, 0.1) is 16.7 Å². The number of rotatable bonds is 6. The fourth-order valence-corrected chi connectivity index (χ4v) is 2.55. The van der Waals surface area contributed by atoms with Gasteiger partial charge in [-0.2, -0.15) is 0 Å². The van der Waals surface area contributed by atoms with Gasteiger partial charge in [0.2, 0.25) is 5.96 Å². The molecular weight excluding hydrogens is 228 g/mol. The quantitative estimate of drug-likeness (QED) is 0.219. The number of ether oxygens (including phenoxy) is 1. The molecule has 5 nitrogen and oxygen atoms in total. The Kier molecular flexibility index (Phi) is 4.99. The lowest BCUT2D eigenvalue weighted by Crippen LogP contribution is -2.42. The van der Waals surface area contributed by atoms with Crippen molar-refractivity contribution >= 4 is 5.96 Å². The molecule has 0 atom stereocenters. The number of nitrogens with one attached hydrogen (secondary N) is 2. The second kappa shape index (κ2) is 5.89. The third-order valence-corrected chi connectivity index (χ3v) is 4.71. The van der Waals surface area contributed by atoms with E-state index in [0.717, 1.165) is 26.1 Å². The molecule has 1 rings (SSSR count). The number of aliphatic imine (C=N–C) groups is 1. The predicted molar refractivity (Wildman–Crippen MR) is 75.2 cm³/mol. The number of nitrogens with two attached hydrogens (primary N) is 1. The van der Waals surface area contributed by atoms with Gasteiger partial charge in [0.05, 0.1) is 0 Å². The third-order valence-electron chi connectivity index (χ3n) is 4.71. The van der Waals surface area contributed by atoms with E-state index in [0.29, 0.717) is 22.7 Å². The SMILES string of the molecule is COCCCNC(=NCC1C(C)(C)C1(C)C)NN. The van der Waals surface area contributed by atoms with E-state index in [9.17, 15) is 0 Å². The molecule has 1 saturated carbocycles. The zero-order chi connectivity index (χ0) is 13.8. The van der Waals surface area contributed by atoms with Crippen LogP contribution in [-0.2, 0) is 4.74 Å². The Hall–Kier alpha value is -0.810. The lowest BCUT2D eigenvalue weighted by Gasteiger charge is -2.09. The summed E-state index contributed by atoms with van der Waals surface area (Å²) in [5.41, 5.74) is 3.35. The fourth-order valence-electron chi connectivity index (χ4n) is 2.55.